The van der Waals surface area contributed by atoms with Crippen LogP contribution >= 0.6 is 0 Å². The monoisotopic (exact) mass is 998 g/mol. The molecule has 1 aliphatic heterocycles. The first-order valence-corrected chi connectivity index (χ1v) is 26.9. The Balaban J connectivity index is 0.998. The molecule has 13 rings (SSSR count). The minimum absolute atomic E-state index is 0.0140. The fraction of sp³-hybridized carbons (Fsp3) is 0.167. The van der Waals surface area contributed by atoms with Gasteiger partial charge in [0.1, 0.15) is 17.3 Å². The maximum absolute atomic E-state index is 6.91. The quantitative estimate of drug-likeness (QED) is 0.123. The van der Waals surface area contributed by atoms with Crippen LogP contribution in [-0.4, -0.2) is 14.1 Å². The lowest BCUT2D eigenvalue weighted by Gasteiger charge is -2.22. The number of hydrogen-bond acceptors (Lipinski definition) is 2. The Labute approximate surface area is 452 Å². The van der Waals surface area contributed by atoms with E-state index in [1.165, 1.54) is 44.3 Å². The van der Waals surface area contributed by atoms with Crippen molar-refractivity contribution in [2.75, 3.05) is 0 Å². The van der Waals surface area contributed by atoms with Crippen LogP contribution in [0.5, 0.6) is 11.5 Å². The molecule has 0 unspecified atom stereocenters. The summed E-state index contributed by atoms with van der Waals surface area (Å²) >= 11 is 0. The second-order valence-corrected chi connectivity index (χ2v) is 23.9. The smallest absolute Gasteiger partial charge is 0.269 e. The Morgan fingerprint density at radius 3 is 1.71 bits per heavy atom. The number of hydrogen-bond donors (Lipinski definition) is 0. The Hall–Kier alpha value is -8.80. The molecule has 0 fully saturated rings. The van der Waals surface area contributed by atoms with Crippen molar-refractivity contribution >= 4 is 32.8 Å². The lowest BCUT2D eigenvalue weighted by Crippen LogP contribution is -2.32. The van der Waals surface area contributed by atoms with Gasteiger partial charge in [0.05, 0.1) is 33.4 Å². The molecule has 4 heterocycles. The van der Waals surface area contributed by atoms with Crippen molar-refractivity contribution in [3.63, 3.8) is 0 Å². The second-order valence-electron chi connectivity index (χ2n) is 23.9. The highest BCUT2D eigenvalue weighted by atomic mass is 16.5. The molecular formula is C72H62N4O. The van der Waals surface area contributed by atoms with Gasteiger partial charge < -0.3 is 4.74 Å². The van der Waals surface area contributed by atoms with Crippen molar-refractivity contribution in [3.8, 4) is 84.3 Å². The van der Waals surface area contributed by atoms with Gasteiger partial charge in [-0.15, -0.1) is 0 Å². The fourth-order valence-electron chi connectivity index (χ4n) is 11.5. The number of para-hydroxylation sites is 3. The van der Waals surface area contributed by atoms with Gasteiger partial charge in [0.25, 0.3) is 6.33 Å². The summed E-state index contributed by atoms with van der Waals surface area (Å²) in [7, 11) is 0. The number of aromatic nitrogens is 4. The number of rotatable bonds is 6. The summed E-state index contributed by atoms with van der Waals surface area (Å²) in [6, 6.07) is 75.4. The van der Waals surface area contributed by atoms with Gasteiger partial charge in [-0.05, 0) is 143 Å². The molecule has 0 aliphatic carbocycles. The van der Waals surface area contributed by atoms with Gasteiger partial charge in [-0.3, -0.25) is 13.7 Å². The molecular weight excluding hydrogens is 937 g/mol. The van der Waals surface area contributed by atoms with Gasteiger partial charge >= 0.3 is 0 Å². The average Bonchev–Trinajstić information content (AvgIpc) is 4.16. The molecule has 77 heavy (non-hydrogen) atoms. The lowest BCUT2D eigenvalue weighted by atomic mass is 9.84. The molecule has 0 amide bonds. The molecule has 0 radical (unpaired) electrons. The zero-order valence-electron chi connectivity index (χ0n) is 45.4. The number of benzene rings is 9. The molecule has 0 bridgehead atoms. The molecule has 0 spiro atoms. The van der Waals surface area contributed by atoms with Crippen LogP contribution in [0.2, 0.25) is 0 Å². The summed E-state index contributed by atoms with van der Waals surface area (Å²) in [5, 5.41) is 2.32. The molecule has 0 saturated carbocycles. The van der Waals surface area contributed by atoms with Crippen molar-refractivity contribution in [2.45, 2.75) is 78.6 Å². The van der Waals surface area contributed by atoms with Crippen LogP contribution in [0.1, 0.15) is 79.0 Å². The number of imidazole rings is 1. The molecule has 376 valence electrons. The first kappa shape index (κ1) is 47.9. The Morgan fingerprint density at radius 2 is 0.974 bits per heavy atom. The number of pyridine rings is 1. The van der Waals surface area contributed by atoms with Crippen molar-refractivity contribution in [2.24, 2.45) is 0 Å². The van der Waals surface area contributed by atoms with Crippen molar-refractivity contribution < 1.29 is 9.30 Å². The number of fused-ring (bicyclic) bond motifs is 10. The predicted octanol–water partition coefficient (Wildman–Crippen LogP) is 18.5. The standard InChI is InChI=1S/C72H62N4O/c1-70(2,3)49-32-27-46(28-33-49)48-31-37-58-56-19-10-11-20-57(56)61-24-16-26-65-69(61)75(68-55(22-15-23-62(68)63(58)41-48)47-29-34-50(35-30-47)71(4,5)6)45-74(65)52-17-14-18-53(43-52)77-54-36-38-60-59-21-12-13-25-64(59)76(66(60)44-54)67-42-51(39-40-73-67)72(7,8)9/h10-44H,1-9H3. The van der Waals surface area contributed by atoms with Crippen LogP contribution in [0.25, 0.3) is 106 Å². The zero-order chi connectivity index (χ0) is 53.0. The van der Waals surface area contributed by atoms with E-state index in [4.69, 9.17) is 9.72 Å². The van der Waals surface area contributed by atoms with E-state index in [-0.39, 0.29) is 16.2 Å². The van der Waals surface area contributed by atoms with Gasteiger partial charge in [0.2, 0.25) is 0 Å². The van der Waals surface area contributed by atoms with E-state index in [0.717, 1.165) is 89.5 Å². The summed E-state index contributed by atoms with van der Waals surface area (Å²) in [6.07, 6.45) is 5.94. The van der Waals surface area contributed by atoms with Crippen LogP contribution < -0.4 is 9.30 Å². The molecule has 9 aromatic carbocycles. The minimum Gasteiger partial charge on any atom is -0.458 e. The Kier molecular flexibility index (Phi) is 11.1. The lowest BCUT2D eigenvalue weighted by molar-refractivity contribution is -0.570. The van der Waals surface area contributed by atoms with Crippen LogP contribution in [0.15, 0.2) is 212 Å². The minimum atomic E-state index is -0.0294. The normalized spacial score (nSPS) is 12.5. The average molecular weight is 999 g/mol. The van der Waals surface area contributed by atoms with Crippen molar-refractivity contribution in [3.05, 3.63) is 235 Å². The third-order valence-electron chi connectivity index (χ3n) is 15.7. The van der Waals surface area contributed by atoms with Gasteiger partial charge in [0.15, 0.2) is 0 Å². The molecule has 0 saturated heterocycles. The number of ether oxygens (including phenoxy) is 1. The first-order chi connectivity index (χ1) is 37.1. The van der Waals surface area contributed by atoms with Crippen molar-refractivity contribution in [1.29, 1.82) is 0 Å². The third-order valence-corrected chi connectivity index (χ3v) is 15.7. The van der Waals surface area contributed by atoms with E-state index in [9.17, 15) is 0 Å². The van der Waals surface area contributed by atoms with E-state index >= 15 is 0 Å². The first-order valence-electron chi connectivity index (χ1n) is 26.9. The fourth-order valence-corrected chi connectivity index (χ4v) is 11.5. The molecule has 5 heteroatoms. The van der Waals surface area contributed by atoms with E-state index in [1.54, 1.807) is 0 Å². The predicted molar refractivity (Wildman–Crippen MR) is 319 cm³/mol. The van der Waals surface area contributed by atoms with Gasteiger partial charge in [-0.2, -0.15) is 0 Å². The topological polar surface area (TPSA) is 35.9 Å². The molecule has 0 atom stereocenters. The van der Waals surface area contributed by atoms with Crippen LogP contribution in [0.3, 0.4) is 0 Å². The highest BCUT2D eigenvalue weighted by molar-refractivity contribution is 6.09. The van der Waals surface area contributed by atoms with E-state index in [1.807, 2.05) is 12.3 Å². The zero-order valence-corrected chi connectivity index (χ0v) is 45.4. The molecule has 0 N–H and O–H groups in total. The van der Waals surface area contributed by atoms with E-state index in [0.29, 0.717) is 0 Å². The van der Waals surface area contributed by atoms with Crippen LogP contribution in [-0.2, 0) is 16.2 Å². The largest absolute Gasteiger partial charge is 0.458 e. The highest BCUT2D eigenvalue weighted by Gasteiger charge is 2.28. The Bertz CT molecular complexity index is 4280. The van der Waals surface area contributed by atoms with E-state index in [2.05, 4.69) is 283 Å². The summed E-state index contributed by atoms with van der Waals surface area (Å²) in [5.41, 5.74) is 21.7. The maximum Gasteiger partial charge on any atom is 0.269 e. The maximum atomic E-state index is 6.91. The summed E-state index contributed by atoms with van der Waals surface area (Å²) in [6.45, 7) is 20.4. The Morgan fingerprint density at radius 1 is 0.403 bits per heavy atom. The molecule has 1 aliphatic rings. The molecule has 3 aromatic heterocycles. The van der Waals surface area contributed by atoms with Crippen LogP contribution in [0, 0.1) is 6.33 Å². The highest BCUT2D eigenvalue weighted by Crippen LogP contribution is 2.47. The summed E-state index contributed by atoms with van der Waals surface area (Å²) < 4.78 is 13.7. The van der Waals surface area contributed by atoms with Gasteiger partial charge in [-0.1, -0.05) is 208 Å². The van der Waals surface area contributed by atoms with Crippen LogP contribution in [0.4, 0.5) is 0 Å². The van der Waals surface area contributed by atoms with Crippen molar-refractivity contribution in [1.82, 2.24) is 14.1 Å². The van der Waals surface area contributed by atoms with E-state index < -0.39 is 0 Å². The molecule has 5 nitrogen and oxygen atoms in total. The third kappa shape index (κ3) is 8.33. The number of nitrogens with zero attached hydrogens (tertiary/aromatic N) is 4. The molecule has 12 aromatic rings. The summed E-state index contributed by atoms with van der Waals surface area (Å²) in [5.74, 6) is 2.34. The SMILES string of the molecule is CC(C)(C)c1ccc(-c2ccc3c(c2)-c2cccc(-c4ccc(C(C)(C)C)cc4)c2-[n+]2[c-]n(-c4cccc(Oc5ccc6c7ccccc7n(-c7cc(C(C)(C)C)ccn7)c6c5)c4)c4cccc(c42)-c2ccccc2-3)cc1. The second kappa shape index (κ2) is 17.9. The van der Waals surface area contributed by atoms with Gasteiger partial charge in [0, 0.05) is 23.0 Å². The summed E-state index contributed by atoms with van der Waals surface area (Å²) in [4.78, 5) is 4.93. The van der Waals surface area contributed by atoms with Gasteiger partial charge in [-0.25, -0.2) is 4.98 Å².